The van der Waals surface area contributed by atoms with Crippen LogP contribution in [0.4, 0.5) is 11.4 Å². The molecule has 0 spiro atoms. The van der Waals surface area contributed by atoms with E-state index in [0.29, 0.717) is 17.3 Å². The molecule has 1 aromatic rings. The van der Waals surface area contributed by atoms with Gasteiger partial charge in [0, 0.05) is 18.7 Å². The molecule has 1 heterocycles. The number of hydrogen-bond donors (Lipinski definition) is 1. The first-order valence-electron chi connectivity index (χ1n) is 6.73. The second-order valence-corrected chi connectivity index (χ2v) is 5.22. The number of piperidine rings is 1. The van der Waals surface area contributed by atoms with Crippen LogP contribution in [0, 0.1) is 10.1 Å². The fourth-order valence-corrected chi connectivity index (χ4v) is 2.65. The quantitative estimate of drug-likeness (QED) is 0.673. The Hall–Kier alpha value is -1.62. The number of nitro groups is 1. The van der Waals surface area contributed by atoms with Crippen LogP contribution in [0.5, 0.6) is 0 Å². The molecule has 1 saturated heterocycles. The SMILES string of the molecule is CC(O)c1ccc(N2CCCCC2C)c([N+](=O)[O-])c1. The molecule has 1 aliphatic rings. The number of nitro benzene ring substituents is 1. The number of anilines is 1. The topological polar surface area (TPSA) is 66.6 Å². The first-order chi connectivity index (χ1) is 9.00. The fourth-order valence-electron chi connectivity index (χ4n) is 2.65. The zero-order valence-corrected chi connectivity index (χ0v) is 11.4. The Kier molecular flexibility index (Phi) is 4.04. The van der Waals surface area contributed by atoms with E-state index in [9.17, 15) is 15.2 Å². The van der Waals surface area contributed by atoms with Crippen molar-refractivity contribution in [3.8, 4) is 0 Å². The Morgan fingerprint density at radius 3 is 2.79 bits per heavy atom. The summed E-state index contributed by atoms with van der Waals surface area (Å²) in [6, 6.07) is 5.35. The lowest BCUT2D eigenvalue weighted by Gasteiger charge is -2.35. The molecule has 0 amide bonds. The lowest BCUT2D eigenvalue weighted by atomic mass is 10.0. The monoisotopic (exact) mass is 264 g/mol. The summed E-state index contributed by atoms with van der Waals surface area (Å²) in [5.41, 5.74) is 1.34. The molecule has 0 aromatic heterocycles. The van der Waals surface area contributed by atoms with Crippen molar-refractivity contribution in [1.82, 2.24) is 0 Å². The Morgan fingerprint density at radius 1 is 1.47 bits per heavy atom. The van der Waals surface area contributed by atoms with E-state index in [1.54, 1.807) is 19.1 Å². The minimum absolute atomic E-state index is 0.0900. The van der Waals surface area contributed by atoms with Gasteiger partial charge in [0.15, 0.2) is 0 Å². The molecule has 1 fully saturated rings. The number of hydrogen-bond acceptors (Lipinski definition) is 4. The summed E-state index contributed by atoms with van der Waals surface area (Å²) in [4.78, 5) is 13.0. The van der Waals surface area contributed by atoms with Crippen LogP contribution in [0.2, 0.25) is 0 Å². The lowest BCUT2D eigenvalue weighted by Crippen LogP contribution is -2.37. The molecule has 1 aliphatic heterocycles. The van der Waals surface area contributed by atoms with E-state index in [4.69, 9.17) is 0 Å². The van der Waals surface area contributed by atoms with Gasteiger partial charge >= 0.3 is 0 Å². The Balaban J connectivity index is 2.41. The van der Waals surface area contributed by atoms with Gasteiger partial charge in [0.25, 0.3) is 5.69 Å². The number of rotatable bonds is 3. The van der Waals surface area contributed by atoms with Gasteiger partial charge in [0.1, 0.15) is 5.69 Å². The Labute approximate surface area is 113 Å². The maximum Gasteiger partial charge on any atom is 0.292 e. The van der Waals surface area contributed by atoms with Gasteiger partial charge in [-0.25, -0.2) is 0 Å². The maximum absolute atomic E-state index is 11.2. The molecule has 2 atom stereocenters. The highest BCUT2D eigenvalue weighted by Crippen LogP contribution is 2.34. The van der Waals surface area contributed by atoms with Gasteiger partial charge in [0.05, 0.1) is 11.0 Å². The summed E-state index contributed by atoms with van der Waals surface area (Å²) >= 11 is 0. The smallest absolute Gasteiger partial charge is 0.292 e. The van der Waals surface area contributed by atoms with Crippen molar-refractivity contribution in [2.24, 2.45) is 0 Å². The van der Waals surface area contributed by atoms with E-state index in [0.717, 1.165) is 19.4 Å². The molecule has 5 nitrogen and oxygen atoms in total. The summed E-state index contributed by atoms with van der Waals surface area (Å²) in [7, 11) is 0. The van der Waals surface area contributed by atoms with Gasteiger partial charge in [-0.1, -0.05) is 6.07 Å². The molecule has 2 rings (SSSR count). The molecule has 1 N–H and O–H groups in total. The van der Waals surface area contributed by atoms with Crippen LogP contribution < -0.4 is 4.90 Å². The van der Waals surface area contributed by atoms with Crippen molar-refractivity contribution >= 4 is 11.4 Å². The summed E-state index contributed by atoms with van der Waals surface area (Å²) in [5.74, 6) is 0. The van der Waals surface area contributed by atoms with Crippen molar-refractivity contribution < 1.29 is 10.0 Å². The molecular formula is C14H20N2O3. The highest BCUT2D eigenvalue weighted by atomic mass is 16.6. The van der Waals surface area contributed by atoms with Crippen LogP contribution in [0.25, 0.3) is 0 Å². The highest BCUT2D eigenvalue weighted by molar-refractivity contribution is 5.65. The van der Waals surface area contributed by atoms with E-state index < -0.39 is 6.10 Å². The predicted octanol–water partition coefficient (Wildman–Crippen LogP) is 3.03. The summed E-state index contributed by atoms with van der Waals surface area (Å²) < 4.78 is 0. The summed E-state index contributed by atoms with van der Waals surface area (Å²) in [6.45, 7) is 4.57. The third-order valence-corrected chi connectivity index (χ3v) is 3.79. The second kappa shape index (κ2) is 5.57. The summed E-state index contributed by atoms with van der Waals surface area (Å²) in [5, 5.41) is 20.8. The third-order valence-electron chi connectivity index (χ3n) is 3.79. The maximum atomic E-state index is 11.2. The predicted molar refractivity (Wildman–Crippen MR) is 74.4 cm³/mol. The van der Waals surface area contributed by atoms with Gasteiger partial charge in [-0.3, -0.25) is 10.1 Å². The molecular weight excluding hydrogens is 244 g/mol. The van der Waals surface area contributed by atoms with Crippen molar-refractivity contribution in [3.63, 3.8) is 0 Å². The minimum Gasteiger partial charge on any atom is -0.389 e. The Bertz CT molecular complexity index is 474. The molecule has 5 heteroatoms. The zero-order valence-electron chi connectivity index (χ0n) is 11.4. The molecule has 19 heavy (non-hydrogen) atoms. The molecule has 2 unspecified atom stereocenters. The highest BCUT2D eigenvalue weighted by Gasteiger charge is 2.26. The molecule has 0 aliphatic carbocycles. The molecule has 0 bridgehead atoms. The van der Waals surface area contributed by atoms with Crippen molar-refractivity contribution in [3.05, 3.63) is 33.9 Å². The number of nitrogens with zero attached hydrogens (tertiary/aromatic N) is 2. The first kappa shape index (κ1) is 13.8. The van der Waals surface area contributed by atoms with Crippen LogP contribution in [-0.2, 0) is 0 Å². The zero-order chi connectivity index (χ0) is 14.0. The van der Waals surface area contributed by atoms with Crippen LogP contribution in [-0.4, -0.2) is 22.6 Å². The van der Waals surface area contributed by atoms with Crippen LogP contribution in [0.15, 0.2) is 18.2 Å². The standard InChI is InChI=1S/C14H20N2O3/c1-10-5-3-4-8-15(10)13-7-6-12(11(2)17)9-14(13)16(18)19/h6-7,9-11,17H,3-5,8H2,1-2H3. The lowest BCUT2D eigenvalue weighted by molar-refractivity contribution is -0.384. The van der Waals surface area contributed by atoms with Crippen molar-refractivity contribution in [2.45, 2.75) is 45.3 Å². The average Bonchev–Trinajstić information content (AvgIpc) is 2.38. The largest absolute Gasteiger partial charge is 0.389 e. The van der Waals surface area contributed by atoms with Gasteiger partial charge in [-0.05, 0) is 44.7 Å². The second-order valence-electron chi connectivity index (χ2n) is 5.22. The van der Waals surface area contributed by atoms with E-state index in [2.05, 4.69) is 11.8 Å². The van der Waals surface area contributed by atoms with Crippen molar-refractivity contribution in [2.75, 3.05) is 11.4 Å². The van der Waals surface area contributed by atoms with E-state index in [1.807, 2.05) is 0 Å². The average molecular weight is 264 g/mol. The number of aliphatic hydroxyl groups is 1. The Morgan fingerprint density at radius 2 is 2.21 bits per heavy atom. The van der Waals surface area contributed by atoms with Gasteiger partial charge in [0.2, 0.25) is 0 Å². The molecule has 1 aromatic carbocycles. The fraction of sp³-hybridized carbons (Fsp3) is 0.571. The molecule has 104 valence electrons. The number of aliphatic hydroxyl groups excluding tert-OH is 1. The van der Waals surface area contributed by atoms with E-state index in [1.165, 1.54) is 12.5 Å². The van der Waals surface area contributed by atoms with Gasteiger partial charge in [-0.2, -0.15) is 0 Å². The van der Waals surface area contributed by atoms with Crippen molar-refractivity contribution in [1.29, 1.82) is 0 Å². The van der Waals surface area contributed by atoms with Gasteiger partial charge < -0.3 is 10.0 Å². The number of benzene rings is 1. The van der Waals surface area contributed by atoms with E-state index in [-0.39, 0.29) is 10.6 Å². The van der Waals surface area contributed by atoms with Gasteiger partial charge in [-0.15, -0.1) is 0 Å². The minimum atomic E-state index is -0.688. The van der Waals surface area contributed by atoms with Crippen LogP contribution >= 0.6 is 0 Å². The first-order valence-corrected chi connectivity index (χ1v) is 6.73. The summed E-state index contributed by atoms with van der Waals surface area (Å²) in [6.07, 6.45) is 2.62. The van der Waals surface area contributed by atoms with E-state index >= 15 is 0 Å². The van der Waals surface area contributed by atoms with Crippen LogP contribution in [0.1, 0.15) is 44.8 Å². The molecule has 0 radical (unpaired) electrons. The third kappa shape index (κ3) is 2.87. The van der Waals surface area contributed by atoms with Crippen LogP contribution in [0.3, 0.4) is 0 Å². The normalized spacial score (nSPS) is 21.2. The molecule has 0 saturated carbocycles.